The lowest BCUT2D eigenvalue weighted by Gasteiger charge is -2.46. The lowest BCUT2D eigenvalue weighted by atomic mass is 9.91. The first-order valence-corrected chi connectivity index (χ1v) is 12.4. The molecule has 2 heterocycles. The summed E-state index contributed by atoms with van der Waals surface area (Å²) < 4.78 is 16.7. The normalized spacial score (nSPS) is 36.2. The van der Waals surface area contributed by atoms with E-state index in [1.165, 1.54) is 0 Å². The number of rotatable bonds is 10. The van der Waals surface area contributed by atoms with Gasteiger partial charge in [0.2, 0.25) is 0 Å². The van der Waals surface area contributed by atoms with E-state index in [2.05, 4.69) is 10.6 Å². The number of nitrogens with one attached hydrogen (secondary N) is 2. The zero-order valence-corrected chi connectivity index (χ0v) is 20.6. The van der Waals surface area contributed by atoms with Gasteiger partial charge >= 0.3 is 6.03 Å². The van der Waals surface area contributed by atoms with Crippen LogP contribution in [-0.2, 0) is 20.6 Å². The maximum atomic E-state index is 11.9. The molecule has 1 aromatic rings. The quantitative estimate of drug-likeness (QED) is 0.148. The first-order valence-electron chi connectivity index (χ1n) is 12.4. The summed E-state index contributed by atoms with van der Waals surface area (Å²) >= 11 is 0. The van der Waals surface area contributed by atoms with Crippen LogP contribution in [0.1, 0.15) is 25.3 Å². The summed E-state index contributed by atoms with van der Waals surface area (Å²) in [5.74, 6) is 0. The van der Waals surface area contributed by atoms with E-state index in [-0.39, 0.29) is 12.5 Å². The summed E-state index contributed by atoms with van der Waals surface area (Å²) in [5.41, 5.74) is 1.31. The van der Waals surface area contributed by atoms with Gasteiger partial charge in [0, 0.05) is 18.7 Å². The number of aliphatic hydroxyl groups is 7. The van der Waals surface area contributed by atoms with Crippen LogP contribution >= 0.6 is 0 Å². The van der Waals surface area contributed by atoms with Crippen molar-refractivity contribution in [2.24, 2.45) is 0 Å². The van der Waals surface area contributed by atoms with Crippen molar-refractivity contribution < 1.29 is 54.8 Å². The molecule has 3 rings (SSSR count). The smallest absolute Gasteiger partial charge is 0.319 e. The molecule has 0 bridgehead atoms. The number of aliphatic hydroxyl groups excluding tert-OH is 7. The Morgan fingerprint density at radius 3 is 2.14 bits per heavy atom. The third-order valence-electron chi connectivity index (χ3n) is 6.57. The lowest BCUT2D eigenvalue weighted by Crippen LogP contribution is -2.64. The number of urea groups is 1. The van der Waals surface area contributed by atoms with Crippen LogP contribution in [0.5, 0.6) is 0 Å². The van der Waals surface area contributed by atoms with Crippen molar-refractivity contribution in [1.29, 1.82) is 0 Å². The Morgan fingerprint density at radius 2 is 1.51 bits per heavy atom. The van der Waals surface area contributed by atoms with Crippen LogP contribution in [0.2, 0.25) is 0 Å². The van der Waals surface area contributed by atoms with E-state index in [4.69, 9.17) is 14.2 Å². The number of carbonyl (C=O) groups excluding carboxylic acids is 1. The molecule has 0 aliphatic carbocycles. The first kappa shape index (κ1) is 29.6. The van der Waals surface area contributed by atoms with E-state index >= 15 is 0 Å². The van der Waals surface area contributed by atoms with Crippen molar-refractivity contribution in [3.63, 3.8) is 0 Å². The fourth-order valence-electron chi connectivity index (χ4n) is 4.35. The fraction of sp³-hybridized carbons (Fsp3) is 0.708. The van der Waals surface area contributed by atoms with Crippen LogP contribution in [-0.4, -0.2) is 123 Å². The molecule has 210 valence electrons. The predicted molar refractivity (Wildman–Crippen MR) is 128 cm³/mol. The van der Waals surface area contributed by atoms with E-state index in [1.54, 1.807) is 24.3 Å². The Balaban J connectivity index is 1.60. The lowest BCUT2D eigenvalue weighted by molar-refractivity contribution is -0.342. The highest BCUT2D eigenvalue weighted by Crippen LogP contribution is 2.30. The minimum Gasteiger partial charge on any atom is -0.394 e. The molecule has 0 spiro atoms. The molecule has 9 N–H and O–H groups in total. The monoisotopic (exact) mass is 530 g/mol. The number of amides is 2. The minimum atomic E-state index is -1.72. The molecule has 0 aromatic heterocycles. The molecule has 5 unspecified atom stereocenters. The second-order valence-corrected chi connectivity index (χ2v) is 9.31. The van der Waals surface area contributed by atoms with Crippen LogP contribution in [0.15, 0.2) is 24.3 Å². The third kappa shape index (κ3) is 7.35. The average molecular weight is 531 g/mol. The van der Waals surface area contributed by atoms with Crippen molar-refractivity contribution in [3.8, 4) is 0 Å². The van der Waals surface area contributed by atoms with Crippen molar-refractivity contribution >= 4 is 11.7 Å². The molecule has 2 fully saturated rings. The largest absolute Gasteiger partial charge is 0.394 e. The number of carbonyl (C=O) groups is 1. The fourth-order valence-corrected chi connectivity index (χ4v) is 4.35. The second-order valence-electron chi connectivity index (χ2n) is 9.31. The summed E-state index contributed by atoms with van der Waals surface area (Å²) in [7, 11) is 0. The summed E-state index contributed by atoms with van der Waals surface area (Å²) in [4.78, 5) is 11.9. The van der Waals surface area contributed by atoms with E-state index < -0.39 is 74.4 Å². The van der Waals surface area contributed by atoms with E-state index in [9.17, 15) is 40.5 Å². The first-order chi connectivity index (χ1) is 17.7. The van der Waals surface area contributed by atoms with Crippen molar-refractivity contribution in [2.75, 3.05) is 25.1 Å². The SMILES string of the molecule is CCCCNC(=O)Nc1ccc(C[C@@H]2OC(CO)[C@@H](OC3OC(CO)[C@H](O)C(O)[C@@H]3O)[C@H](O)C2O)cc1. The highest BCUT2D eigenvalue weighted by molar-refractivity contribution is 5.89. The van der Waals surface area contributed by atoms with Crippen LogP contribution < -0.4 is 10.6 Å². The van der Waals surface area contributed by atoms with Gasteiger partial charge < -0.3 is 60.6 Å². The van der Waals surface area contributed by atoms with Crippen LogP contribution in [0.4, 0.5) is 10.5 Å². The molecule has 13 heteroatoms. The minimum absolute atomic E-state index is 0.171. The zero-order chi connectivity index (χ0) is 27.1. The van der Waals surface area contributed by atoms with Gasteiger partial charge in [-0.25, -0.2) is 4.79 Å². The molecule has 2 saturated heterocycles. The van der Waals surface area contributed by atoms with Crippen molar-refractivity contribution in [2.45, 2.75) is 87.4 Å². The van der Waals surface area contributed by atoms with E-state index in [0.29, 0.717) is 12.2 Å². The molecule has 2 aliphatic heterocycles. The van der Waals surface area contributed by atoms with Crippen molar-refractivity contribution in [1.82, 2.24) is 5.32 Å². The highest BCUT2D eigenvalue weighted by Gasteiger charge is 2.50. The maximum absolute atomic E-state index is 11.9. The molecular formula is C24H38N2O11. The number of unbranched alkanes of at least 4 members (excludes halogenated alkanes) is 1. The number of hydrogen-bond donors (Lipinski definition) is 9. The zero-order valence-electron chi connectivity index (χ0n) is 20.6. The topological polar surface area (TPSA) is 210 Å². The Bertz CT molecular complexity index is 840. The standard InChI is InChI=1S/C24H38N2O11/c1-2-3-8-25-24(34)26-13-6-4-12(5-7-13)9-14-17(29)20(32)22(16(11-28)35-14)37-23-21(33)19(31)18(30)15(10-27)36-23/h4-7,14-23,27-33H,2-3,8-11H2,1H3,(H2,25,26,34)/t14-,15?,16?,17?,18-,19?,20+,21-,22+,23?/m0/s1. The van der Waals surface area contributed by atoms with Crippen LogP contribution in [0.3, 0.4) is 0 Å². The Labute approximate surface area is 214 Å². The highest BCUT2D eigenvalue weighted by atomic mass is 16.7. The Morgan fingerprint density at radius 1 is 0.865 bits per heavy atom. The maximum Gasteiger partial charge on any atom is 0.319 e. The molecule has 2 amide bonds. The number of benzene rings is 1. The molecule has 0 radical (unpaired) electrons. The number of anilines is 1. The van der Waals surface area contributed by atoms with Crippen LogP contribution in [0.25, 0.3) is 0 Å². The van der Waals surface area contributed by atoms with Gasteiger partial charge in [-0.15, -0.1) is 0 Å². The molecule has 0 saturated carbocycles. The van der Waals surface area contributed by atoms with E-state index in [0.717, 1.165) is 18.4 Å². The molecule has 2 aliphatic rings. The molecule has 13 nitrogen and oxygen atoms in total. The molecular weight excluding hydrogens is 492 g/mol. The third-order valence-corrected chi connectivity index (χ3v) is 6.57. The van der Waals surface area contributed by atoms with Gasteiger partial charge in [-0.05, 0) is 24.1 Å². The Hall–Kier alpha value is -1.91. The summed E-state index contributed by atoms with van der Waals surface area (Å²) in [6.07, 6.45) is -12.2. The average Bonchev–Trinajstić information content (AvgIpc) is 2.89. The van der Waals surface area contributed by atoms with Crippen molar-refractivity contribution in [3.05, 3.63) is 29.8 Å². The molecule has 37 heavy (non-hydrogen) atoms. The second kappa shape index (κ2) is 13.8. The van der Waals surface area contributed by atoms with E-state index in [1.807, 2.05) is 6.92 Å². The van der Waals surface area contributed by atoms with Gasteiger partial charge in [-0.1, -0.05) is 25.5 Å². The predicted octanol–water partition coefficient (Wildman–Crippen LogP) is -2.18. The van der Waals surface area contributed by atoms with Gasteiger partial charge in [-0.3, -0.25) is 0 Å². The summed E-state index contributed by atoms with van der Waals surface area (Å²) in [6.45, 7) is 1.34. The van der Waals surface area contributed by atoms with Crippen LogP contribution in [0, 0.1) is 0 Å². The summed E-state index contributed by atoms with van der Waals surface area (Å²) in [5, 5.41) is 76.3. The van der Waals surface area contributed by atoms with Gasteiger partial charge in [0.25, 0.3) is 0 Å². The van der Waals surface area contributed by atoms with Gasteiger partial charge in [0.15, 0.2) is 6.29 Å². The van der Waals surface area contributed by atoms with Gasteiger partial charge in [-0.2, -0.15) is 0 Å². The molecule has 10 atom stereocenters. The van der Waals surface area contributed by atoms with Gasteiger partial charge in [0.05, 0.1) is 19.3 Å². The Kier molecular flexibility index (Phi) is 11.0. The number of hydrogen-bond acceptors (Lipinski definition) is 11. The number of ether oxygens (including phenoxy) is 3. The molecule has 1 aromatic carbocycles. The summed E-state index contributed by atoms with van der Waals surface area (Å²) in [6, 6.07) is 6.53. The van der Waals surface area contributed by atoms with Gasteiger partial charge in [0.1, 0.15) is 48.8 Å².